The number of ether oxygens (including phenoxy) is 1. The molecule has 0 aromatic heterocycles. The quantitative estimate of drug-likeness (QED) is 0.471. The van der Waals surface area contributed by atoms with Crippen LogP contribution in [0, 0.1) is 12.7 Å². The molecule has 0 heterocycles. The maximum absolute atomic E-state index is 13.6. The molecule has 0 radical (unpaired) electrons. The number of nitrogens with one attached hydrogen (secondary N) is 1. The van der Waals surface area contributed by atoms with Gasteiger partial charge in [0.05, 0.1) is 11.8 Å². The molecule has 0 unspecified atom stereocenters. The smallest absolute Gasteiger partial charge is 0.416 e. The first kappa shape index (κ1) is 19.7. The third-order valence-corrected chi connectivity index (χ3v) is 3.45. The molecule has 2 rings (SSSR count). The van der Waals surface area contributed by atoms with Crippen molar-refractivity contribution in [2.45, 2.75) is 13.1 Å². The Balaban J connectivity index is 1.90. The van der Waals surface area contributed by atoms with Gasteiger partial charge in [0.15, 0.2) is 6.61 Å². The zero-order chi connectivity index (χ0) is 19.3. The van der Waals surface area contributed by atoms with Crippen molar-refractivity contribution >= 4 is 23.7 Å². The molecular weight excluding hydrogens is 376 g/mol. The van der Waals surface area contributed by atoms with Crippen LogP contribution in [0.4, 0.5) is 17.6 Å². The van der Waals surface area contributed by atoms with Crippen LogP contribution in [-0.4, -0.2) is 18.7 Å². The topological polar surface area (TPSA) is 50.7 Å². The summed E-state index contributed by atoms with van der Waals surface area (Å²) in [5, 5.41) is 4.03. The second-order valence-corrected chi connectivity index (χ2v) is 5.66. The number of alkyl halides is 3. The normalized spacial score (nSPS) is 11.6. The lowest BCUT2D eigenvalue weighted by Crippen LogP contribution is -2.24. The molecule has 2 aromatic carbocycles. The zero-order valence-corrected chi connectivity index (χ0v) is 14.2. The predicted molar refractivity (Wildman–Crippen MR) is 88.8 cm³/mol. The Morgan fingerprint density at radius 2 is 2.00 bits per heavy atom. The van der Waals surface area contributed by atoms with Crippen LogP contribution < -0.4 is 10.2 Å². The first-order valence-corrected chi connectivity index (χ1v) is 7.62. The Bertz CT molecular complexity index is 838. The van der Waals surface area contributed by atoms with Crippen LogP contribution in [0.25, 0.3) is 0 Å². The fourth-order valence-corrected chi connectivity index (χ4v) is 2.16. The first-order valence-electron chi connectivity index (χ1n) is 7.24. The molecule has 0 aliphatic heterocycles. The number of amides is 1. The molecule has 138 valence electrons. The van der Waals surface area contributed by atoms with Crippen molar-refractivity contribution in [3.8, 4) is 5.75 Å². The average Bonchev–Trinajstić information content (AvgIpc) is 2.54. The Morgan fingerprint density at radius 3 is 2.62 bits per heavy atom. The van der Waals surface area contributed by atoms with E-state index in [4.69, 9.17) is 16.3 Å². The number of rotatable bonds is 5. The number of halogens is 5. The largest absolute Gasteiger partial charge is 0.483 e. The molecule has 0 bridgehead atoms. The molecule has 26 heavy (non-hydrogen) atoms. The van der Waals surface area contributed by atoms with Gasteiger partial charge in [-0.15, -0.1) is 0 Å². The van der Waals surface area contributed by atoms with E-state index >= 15 is 0 Å². The van der Waals surface area contributed by atoms with Gasteiger partial charge in [-0.25, -0.2) is 9.82 Å². The van der Waals surface area contributed by atoms with Crippen molar-refractivity contribution in [2.75, 3.05) is 6.61 Å². The van der Waals surface area contributed by atoms with Gasteiger partial charge in [-0.3, -0.25) is 4.79 Å². The van der Waals surface area contributed by atoms with Crippen LogP contribution in [0.2, 0.25) is 5.02 Å². The molecule has 0 saturated carbocycles. The van der Waals surface area contributed by atoms with Crippen molar-refractivity contribution in [1.29, 1.82) is 0 Å². The van der Waals surface area contributed by atoms with Crippen LogP contribution in [-0.2, 0) is 11.0 Å². The molecule has 1 amide bonds. The minimum Gasteiger partial charge on any atom is -0.483 e. The van der Waals surface area contributed by atoms with Gasteiger partial charge in [-0.1, -0.05) is 11.6 Å². The Hall–Kier alpha value is -2.61. The number of benzene rings is 2. The number of nitrogens with zero attached hydrogens (tertiary/aromatic N) is 1. The van der Waals surface area contributed by atoms with E-state index in [2.05, 4.69) is 10.5 Å². The maximum atomic E-state index is 13.6. The fraction of sp³-hybridized carbons (Fsp3) is 0.176. The molecule has 2 aromatic rings. The van der Waals surface area contributed by atoms with Crippen LogP contribution in [0.15, 0.2) is 41.5 Å². The summed E-state index contributed by atoms with van der Waals surface area (Å²) in [6.45, 7) is 1.40. The van der Waals surface area contributed by atoms with Crippen molar-refractivity contribution in [3.63, 3.8) is 0 Å². The van der Waals surface area contributed by atoms with Gasteiger partial charge in [0.1, 0.15) is 11.6 Å². The SMILES string of the molecule is Cc1cc(Cl)ccc1OCC(=O)NN=Cc1ccc(C(F)(F)F)cc1F. The highest BCUT2D eigenvalue weighted by Gasteiger charge is 2.31. The highest BCUT2D eigenvalue weighted by Crippen LogP contribution is 2.29. The van der Waals surface area contributed by atoms with Gasteiger partial charge >= 0.3 is 6.18 Å². The monoisotopic (exact) mass is 388 g/mol. The summed E-state index contributed by atoms with van der Waals surface area (Å²) in [7, 11) is 0. The zero-order valence-electron chi connectivity index (χ0n) is 13.4. The van der Waals surface area contributed by atoms with E-state index in [-0.39, 0.29) is 12.2 Å². The highest BCUT2D eigenvalue weighted by molar-refractivity contribution is 6.30. The summed E-state index contributed by atoms with van der Waals surface area (Å²) < 4.78 is 56.3. The van der Waals surface area contributed by atoms with Gasteiger partial charge < -0.3 is 4.74 Å². The fourth-order valence-electron chi connectivity index (χ4n) is 1.93. The lowest BCUT2D eigenvalue weighted by atomic mass is 10.1. The predicted octanol–water partition coefficient (Wildman–Crippen LogP) is 4.34. The number of hydrazone groups is 1. The number of carbonyl (C=O) groups is 1. The van der Waals surface area contributed by atoms with E-state index in [1.165, 1.54) is 0 Å². The molecule has 0 fully saturated rings. The van der Waals surface area contributed by atoms with Crippen molar-refractivity contribution < 1.29 is 27.1 Å². The molecule has 4 nitrogen and oxygen atoms in total. The number of hydrogen-bond acceptors (Lipinski definition) is 3. The van der Waals surface area contributed by atoms with Crippen molar-refractivity contribution in [3.05, 3.63) is 63.9 Å². The van der Waals surface area contributed by atoms with E-state index in [9.17, 15) is 22.4 Å². The van der Waals surface area contributed by atoms with Gasteiger partial charge in [-0.2, -0.15) is 18.3 Å². The lowest BCUT2D eigenvalue weighted by molar-refractivity contribution is -0.137. The lowest BCUT2D eigenvalue weighted by Gasteiger charge is -2.08. The standard InChI is InChI=1S/C17H13ClF4N2O2/c1-10-6-13(18)4-5-15(10)26-9-16(25)24-23-8-11-2-3-12(7-14(11)19)17(20,21)22/h2-8H,9H2,1H3,(H,24,25). The summed E-state index contributed by atoms with van der Waals surface area (Å²) in [5.41, 5.74) is 1.52. The molecule has 0 aliphatic rings. The highest BCUT2D eigenvalue weighted by atomic mass is 35.5. The molecule has 0 atom stereocenters. The molecule has 0 spiro atoms. The molecule has 0 aliphatic carbocycles. The summed E-state index contributed by atoms with van der Waals surface area (Å²) in [5.74, 6) is -1.27. The van der Waals surface area contributed by atoms with Crippen LogP contribution >= 0.6 is 11.6 Å². The minimum atomic E-state index is -4.64. The molecular formula is C17H13ClF4N2O2. The molecule has 9 heteroatoms. The average molecular weight is 389 g/mol. The summed E-state index contributed by atoms with van der Waals surface area (Å²) >= 11 is 5.81. The summed E-state index contributed by atoms with van der Waals surface area (Å²) in [6.07, 6.45) is -3.73. The van der Waals surface area contributed by atoms with Crippen LogP contribution in [0.1, 0.15) is 16.7 Å². The van der Waals surface area contributed by atoms with E-state index in [1.807, 2.05) is 0 Å². The third-order valence-electron chi connectivity index (χ3n) is 3.22. The van der Waals surface area contributed by atoms with E-state index in [1.54, 1.807) is 25.1 Å². The molecule has 1 N–H and O–H groups in total. The van der Waals surface area contributed by atoms with Gasteiger partial charge in [0.2, 0.25) is 0 Å². The summed E-state index contributed by atoms with van der Waals surface area (Å²) in [6, 6.07) is 6.87. The van der Waals surface area contributed by atoms with Gasteiger partial charge in [0, 0.05) is 10.6 Å². The number of hydrogen-bond donors (Lipinski definition) is 1. The minimum absolute atomic E-state index is 0.201. The second-order valence-electron chi connectivity index (χ2n) is 5.23. The van der Waals surface area contributed by atoms with Crippen LogP contribution in [0.5, 0.6) is 5.75 Å². The Labute approximate surface area is 151 Å². The second kappa shape index (κ2) is 8.18. The molecule has 0 saturated heterocycles. The number of carbonyl (C=O) groups excluding carboxylic acids is 1. The van der Waals surface area contributed by atoms with Crippen LogP contribution in [0.3, 0.4) is 0 Å². The van der Waals surface area contributed by atoms with Gasteiger partial charge in [0.25, 0.3) is 5.91 Å². The third kappa shape index (κ3) is 5.45. The Morgan fingerprint density at radius 1 is 1.27 bits per heavy atom. The van der Waals surface area contributed by atoms with Gasteiger partial charge in [-0.05, 0) is 48.9 Å². The van der Waals surface area contributed by atoms with E-state index in [0.29, 0.717) is 16.8 Å². The first-order chi connectivity index (χ1) is 12.2. The van der Waals surface area contributed by atoms with Crippen molar-refractivity contribution in [1.82, 2.24) is 5.43 Å². The van der Waals surface area contributed by atoms with Crippen molar-refractivity contribution in [2.24, 2.45) is 5.10 Å². The maximum Gasteiger partial charge on any atom is 0.416 e. The Kier molecular flexibility index (Phi) is 6.20. The summed E-state index contributed by atoms with van der Waals surface area (Å²) in [4.78, 5) is 11.6. The van der Waals surface area contributed by atoms with E-state index < -0.39 is 23.5 Å². The number of aryl methyl sites for hydroxylation is 1. The van der Waals surface area contributed by atoms with E-state index in [0.717, 1.165) is 23.9 Å².